The molecule has 1 aliphatic rings. The number of ketones is 1. The van der Waals surface area contributed by atoms with Crippen LogP contribution in [0, 0.1) is 11.7 Å². The average molecular weight is 464 g/mol. The van der Waals surface area contributed by atoms with Gasteiger partial charge < -0.3 is 15.0 Å². The van der Waals surface area contributed by atoms with Gasteiger partial charge in [0, 0.05) is 24.6 Å². The number of amides is 1. The molecule has 1 heterocycles. The first-order valence-corrected chi connectivity index (χ1v) is 11.7. The Morgan fingerprint density at radius 3 is 2.41 bits per heavy atom. The van der Waals surface area contributed by atoms with Crippen LogP contribution in [0.4, 0.5) is 4.39 Å². The number of carbonyl (C=O) groups is 2. The van der Waals surface area contributed by atoms with Gasteiger partial charge in [-0.05, 0) is 68.4 Å². The van der Waals surface area contributed by atoms with Crippen LogP contribution < -0.4 is 15.2 Å². The summed E-state index contributed by atoms with van der Waals surface area (Å²) in [5.74, 6) is -0.660. The van der Waals surface area contributed by atoms with E-state index in [0.717, 1.165) is 0 Å². The Labute approximate surface area is 186 Å². The number of nitrogens with one attached hydrogen (secondary N) is 1. The Hall–Kier alpha value is -2.82. The second kappa shape index (κ2) is 10.2. The van der Waals surface area contributed by atoms with E-state index >= 15 is 0 Å². The molecule has 3 rings (SSSR count). The molecule has 2 aromatic carbocycles. The molecule has 1 aliphatic heterocycles. The van der Waals surface area contributed by atoms with Gasteiger partial charge in [-0.15, -0.1) is 0 Å². The van der Waals surface area contributed by atoms with E-state index in [-0.39, 0.29) is 33.7 Å². The van der Waals surface area contributed by atoms with E-state index in [4.69, 9.17) is 9.88 Å². The first kappa shape index (κ1) is 23.8. The SMILES string of the molecule is COc1ccc(S(N)(=O)=O)cc1C(=O)NCCN1CCC(C(=O)c2ccc(F)cc2)CC1. The van der Waals surface area contributed by atoms with E-state index in [1.807, 2.05) is 0 Å². The van der Waals surface area contributed by atoms with E-state index in [1.165, 1.54) is 49.6 Å². The number of nitrogens with zero attached hydrogens (tertiary/aromatic N) is 1. The van der Waals surface area contributed by atoms with Crippen molar-refractivity contribution < 1.29 is 27.1 Å². The van der Waals surface area contributed by atoms with Gasteiger partial charge in [0.1, 0.15) is 11.6 Å². The molecule has 1 saturated heterocycles. The molecule has 10 heteroatoms. The fourth-order valence-corrected chi connectivity index (χ4v) is 4.27. The van der Waals surface area contributed by atoms with Crippen molar-refractivity contribution in [1.29, 1.82) is 0 Å². The molecule has 0 unspecified atom stereocenters. The van der Waals surface area contributed by atoms with Crippen molar-refractivity contribution in [2.45, 2.75) is 17.7 Å². The minimum Gasteiger partial charge on any atom is -0.496 e. The maximum atomic E-state index is 13.1. The molecule has 0 spiro atoms. The van der Waals surface area contributed by atoms with Gasteiger partial charge in [0.05, 0.1) is 17.6 Å². The maximum absolute atomic E-state index is 13.1. The maximum Gasteiger partial charge on any atom is 0.255 e. The third-order valence-electron chi connectivity index (χ3n) is 5.54. The van der Waals surface area contributed by atoms with Crippen LogP contribution in [0.1, 0.15) is 33.6 Å². The second-order valence-corrected chi connectivity index (χ2v) is 9.21. The summed E-state index contributed by atoms with van der Waals surface area (Å²) in [6.45, 7) is 2.34. The number of halogens is 1. The van der Waals surface area contributed by atoms with Gasteiger partial charge in [0.15, 0.2) is 5.78 Å². The van der Waals surface area contributed by atoms with Gasteiger partial charge in [-0.25, -0.2) is 17.9 Å². The highest BCUT2D eigenvalue weighted by atomic mass is 32.2. The molecule has 1 amide bonds. The van der Waals surface area contributed by atoms with Gasteiger partial charge in [0.25, 0.3) is 5.91 Å². The molecule has 172 valence electrons. The third kappa shape index (κ3) is 5.90. The van der Waals surface area contributed by atoms with Crippen molar-refractivity contribution in [3.8, 4) is 5.75 Å². The van der Waals surface area contributed by atoms with Crippen LogP contribution in [0.15, 0.2) is 47.4 Å². The fraction of sp³-hybridized carbons (Fsp3) is 0.364. The van der Waals surface area contributed by atoms with E-state index in [1.54, 1.807) is 0 Å². The number of nitrogens with two attached hydrogens (primary N) is 1. The number of primary sulfonamides is 1. The molecule has 3 N–H and O–H groups in total. The predicted octanol–water partition coefficient (Wildman–Crippen LogP) is 1.81. The summed E-state index contributed by atoms with van der Waals surface area (Å²) >= 11 is 0. The Kier molecular flexibility index (Phi) is 7.60. The topological polar surface area (TPSA) is 119 Å². The van der Waals surface area contributed by atoms with Crippen LogP contribution >= 0.6 is 0 Å². The normalized spacial score (nSPS) is 15.3. The molecule has 2 aromatic rings. The lowest BCUT2D eigenvalue weighted by atomic mass is 9.89. The van der Waals surface area contributed by atoms with Crippen molar-refractivity contribution in [2.75, 3.05) is 33.3 Å². The van der Waals surface area contributed by atoms with E-state index < -0.39 is 15.9 Å². The number of likely N-dealkylation sites (tertiary alicyclic amines) is 1. The molecular formula is C22H26FN3O5S. The molecule has 0 radical (unpaired) electrons. The van der Waals surface area contributed by atoms with Crippen molar-refractivity contribution >= 4 is 21.7 Å². The number of piperidine rings is 1. The van der Waals surface area contributed by atoms with Crippen LogP contribution in [0.2, 0.25) is 0 Å². The number of ether oxygens (including phenoxy) is 1. The Morgan fingerprint density at radius 1 is 1.16 bits per heavy atom. The summed E-state index contributed by atoms with van der Waals surface area (Å²) in [6.07, 6.45) is 1.38. The molecule has 0 saturated carbocycles. The van der Waals surface area contributed by atoms with Gasteiger partial charge in [0.2, 0.25) is 10.0 Å². The highest BCUT2D eigenvalue weighted by molar-refractivity contribution is 7.89. The van der Waals surface area contributed by atoms with Crippen molar-refractivity contribution in [3.05, 3.63) is 59.4 Å². The molecule has 0 aromatic heterocycles. The summed E-state index contributed by atoms with van der Waals surface area (Å²) in [5, 5.41) is 7.91. The Bertz CT molecular complexity index is 1080. The summed E-state index contributed by atoms with van der Waals surface area (Å²) in [4.78, 5) is 27.1. The lowest BCUT2D eigenvalue weighted by molar-refractivity contribution is 0.0839. The third-order valence-corrected chi connectivity index (χ3v) is 6.46. The lowest BCUT2D eigenvalue weighted by Crippen LogP contribution is -2.41. The van der Waals surface area contributed by atoms with Gasteiger partial charge in [-0.2, -0.15) is 0 Å². The largest absolute Gasteiger partial charge is 0.496 e. The molecule has 1 fully saturated rings. The van der Waals surface area contributed by atoms with Crippen LogP contribution in [0.5, 0.6) is 5.75 Å². The van der Waals surface area contributed by atoms with Crippen LogP contribution in [-0.2, 0) is 10.0 Å². The monoisotopic (exact) mass is 463 g/mol. The number of methoxy groups -OCH3 is 1. The zero-order valence-corrected chi connectivity index (χ0v) is 18.5. The van der Waals surface area contributed by atoms with Crippen LogP contribution in [-0.4, -0.2) is 58.3 Å². The first-order chi connectivity index (χ1) is 15.2. The van der Waals surface area contributed by atoms with Crippen LogP contribution in [0.3, 0.4) is 0 Å². The predicted molar refractivity (Wildman–Crippen MR) is 117 cm³/mol. The second-order valence-electron chi connectivity index (χ2n) is 7.65. The zero-order valence-electron chi connectivity index (χ0n) is 17.7. The molecule has 0 bridgehead atoms. The van der Waals surface area contributed by atoms with E-state index in [2.05, 4.69) is 10.2 Å². The standard InChI is InChI=1S/C22H26FN3O5S/c1-31-20-7-6-18(32(24,29)30)14-19(20)22(28)25-10-13-26-11-8-16(9-12-26)21(27)15-2-4-17(23)5-3-15/h2-7,14,16H,8-13H2,1H3,(H,25,28)(H2,24,29,30). The molecule has 0 aliphatic carbocycles. The Morgan fingerprint density at radius 2 is 1.81 bits per heavy atom. The quantitative estimate of drug-likeness (QED) is 0.577. The molecule has 0 atom stereocenters. The van der Waals surface area contributed by atoms with E-state index in [9.17, 15) is 22.4 Å². The zero-order chi connectivity index (χ0) is 23.3. The summed E-state index contributed by atoms with van der Waals surface area (Å²) in [6, 6.07) is 9.46. The van der Waals surface area contributed by atoms with Gasteiger partial charge >= 0.3 is 0 Å². The number of rotatable bonds is 8. The number of sulfonamides is 1. The number of benzene rings is 2. The number of carbonyl (C=O) groups excluding carboxylic acids is 2. The molecular weight excluding hydrogens is 437 g/mol. The number of hydrogen-bond donors (Lipinski definition) is 2. The summed E-state index contributed by atoms with van der Waals surface area (Å²) < 4.78 is 41.3. The summed E-state index contributed by atoms with van der Waals surface area (Å²) in [5.41, 5.74) is 0.607. The van der Waals surface area contributed by atoms with Crippen molar-refractivity contribution in [2.24, 2.45) is 11.1 Å². The highest BCUT2D eigenvalue weighted by Crippen LogP contribution is 2.23. The van der Waals surface area contributed by atoms with E-state index in [0.29, 0.717) is 44.6 Å². The fourth-order valence-electron chi connectivity index (χ4n) is 3.73. The number of Topliss-reactive ketones (excluding diaryl/α,β-unsaturated/α-hetero) is 1. The summed E-state index contributed by atoms with van der Waals surface area (Å²) in [7, 11) is -2.56. The average Bonchev–Trinajstić information content (AvgIpc) is 2.78. The highest BCUT2D eigenvalue weighted by Gasteiger charge is 2.26. The van der Waals surface area contributed by atoms with Gasteiger partial charge in [-0.1, -0.05) is 0 Å². The first-order valence-electron chi connectivity index (χ1n) is 10.2. The smallest absolute Gasteiger partial charge is 0.255 e. The minimum atomic E-state index is -3.95. The van der Waals surface area contributed by atoms with Crippen LogP contribution in [0.25, 0.3) is 0 Å². The van der Waals surface area contributed by atoms with Crippen molar-refractivity contribution in [3.63, 3.8) is 0 Å². The van der Waals surface area contributed by atoms with Crippen molar-refractivity contribution in [1.82, 2.24) is 10.2 Å². The Balaban J connectivity index is 1.50. The lowest BCUT2D eigenvalue weighted by Gasteiger charge is -2.31. The molecule has 8 nitrogen and oxygen atoms in total. The van der Waals surface area contributed by atoms with Gasteiger partial charge in [-0.3, -0.25) is 9.59 Å². The molecule has 32 heavy (non-hydrogen) atoms. The number of hydrogen-bond acceptors (Lipinski definition) is 6. The minimum absolute atomic E-state index is 0.0276.